The third-order valence-corrected chi connectivity index (χ3v) is 4.33. The smallest absolute Gasteiger partial charge is 0.345 e. The largest absolute Gasteiger partial charge is 0.408 e. The molecule has 0 radical (unpaired) electrons. The highest BCUT2D eigenvalue weighted by Gasteiger charge is 2.36. The second-order valence-electron chi connectivity index (χ2n) is 6.24. The molecule has 0 saturated carbocycles. The molecule has 27 heavy (non-hydrogen) atoms. The van der Waals surface area contributed by atoms with Crippen LogP contribution in [0.2, 0.25) is 0 Å². The molecule has 4 rings (SSSR count). The molecule has 4 heterocycles. The Morgan fingerprint density at radius 3 is 2.74 bits per heavy atom. The topological polar surface area (TPSA) is 70.9 Å². The maximum atomic E-state index is 14.3. The average Bonchev–Trinajstić information content (AvgIpc) is 3.18. The summed E-state index contributed by atoms with van der Waals surface area (Å²) in [5.74, 6) is -0.624. The number of hydrogen-bond acceptors (Lipinski definition) is 4. The summed E-state index contributed by atoms with van der Waals surface area (Å²) in [4.78, 5) is 14.9. The van der Waals surface area contributed by atoms with Gasteiger partial charge in [0.05, 0.1) is 0 Å². The number of rotatable bonds is 3. The fourth-order valence-corrected chi connectivity index (χ4v) is 2.80. The Bertz CT molecular complexity index is 1140. The number of aryl methyl sites for hydroxylation is 1. The zero-order valence-corrected chi connectivity index (χ0v) is 14.3. The van der Waals surface area contributed by atoms with Gasteiger partial charge in [0, 0.05) is 47.0 Å². The first-order chi connectivity index (χ1) is 12.7. The summed E-state index contributed by atoms with van der Waals surface area (Å²) in [5, 5.41) is 2.79. The molecule has 140 valence electrons. The van der Waals surface area contributed by atoms with Crippen molar-refractivity contribution in [2.75, 3.05) is 5.32 Å². The van der Waals surface area contributed by atoms with E-state index in [1.54, 1.807) is 29.9 Å². The summed E-state index contributed by atoms with van der Waals surface area (Å²) < 4.78 is 54.0. The SMILES string of the molecule is Cc1cnc2c(F)cc(-c3c[nH]c4nc(N[C@@H](C)C(F)(F)F)ncc34)cn12. The van der Waals surface area contributed by atoms with Gasteiger partial charge in [-0.1, -0.05) is 0 Å². The maximum Gasteiger partial charge on any atom is 0.408 e. The van der Waals surface area contributed by atoms with E-state index >= 15 is 0 Å². The molecule has 0 aliphatic heterocycles. The minimum absolute atomic E-state index is 0.146. The maximum absolute atomic E-state index is 14.3. The van der Waals surface area contributed by atoms with Crippen LogP contribution in [0.1, 0.15) is 12.6 Å². The molecule has 1 atom stereocenters. The Hall–Kier alpha value is -3.17. The number of nitrogens with zero attached hydrogens (tertiary/aromatic N) is 4. The first-order valence-electron chi connectivity index (χ1n) is 8.05. The van der Waals surface area contributed by atoms with E-state index in [0.29, 0.717) is 22.2 Å². The van der Waals surface area contributed by atoms with Gasteiger partial charge < -0.3 is 14.7 Å². The standard InChI is InChI=1S/C17H14F4N6/c1-8-4-23-15-13(18)3-10(7-27(8)15)11-5-22-14-12(11)6-24-16(26-14)25-9(2)17(19,20)21/h3-7,9H,1-2H3,(H2,22,24,25,26)/t9-/m0/s1. The Labute approximate surface area is 150 Å². The number of aromatic amines is 1. The lowest BCUT2D eigenvalue weighted by molar-refractivity contribution is -0.138. The number of pyridine rings is 1. The van der Waals surface area contributed by atoms with Gasteiger partial charge in [0.1, 0.15) is 11.7 Å². The predicted octanol–water partition coefficient (Wildman–Crippen LogP) is 4.08. The lowest BCUT2D eigenvalue weighted by Crippen LogP contribution is -2.33. The van der Waals surface area contributed by atoms with Crippen molar-refractivity contribution in [1.29, 1.82) is 0 Å². The van der Waals surface area contributed by atoms with E-state index < -0.39 is 18.0 Å². The molecular formula is C17H14F4N6. The molecule has 0 spiro atoms. The second kappa shape index (κ2) is 5.93. The number of fused-ring (bicyclic) bond motifs is 2. The first kappa shape index (κ1) is 17.3. The van der Waals surface area contributed by atoms with Crippen LogP contribution in [0.25, 0.3) is 27.8 Å². The van der Waals surface area contributed by atoms with Crippen LogP contribution in [0, 0.1) is 12.7 Å². The fraction of sp³-hybridized carbons (Fsp3) is 0.235. The Morgan fingerprint density at radius 1 is 1.22 bits per heavy atom. The molecular weight excluding hydrogens is 364 g/mol. The van der Waals surface area contributed by atoms with Crippen LogP contribution in [0.4, 0.5) is 23.5 Å². The van der Waals surface area contributed by atoms with Crippen molar-refractivity contribution in [3.05, 3.63) is 42.4 Å². The lowest BCUT2D eigenvalue weighted by atomic mass is 10.1. The number of halogens is 4. The van der Waals surface area contributed by atoms with Crippen LogP contribution in [0.5, 0.6) is 0 Å². The summed E-state index contributed by atoms with van der Waals surface area (Å²) >= 11 is 0. The van der Waals surface area contributed by atoms with Crippen LogP contribution < -0.4 is 5.32 Å². The van der Waals surface area contributed by atoms with Crippen molar-refractivity contribution in [3.8, 4) is 11.1 Å². The minimum atomic E-state index is -4.41. The summed E-state index contributed by atoms with van der Waals surface area (Å²) in [6.45, 7) is 2.79. The van der Waals surface area contributed by atoms with Crippen molar-refractivity contribution in [2.45, 2.75) is 26.1 Å². The number of hydrogen-bond donors (Lipinski definition) is 2. The van der Waals surface area contributed by atoms with Crippen LogP contribution >= 0.6 is 0 Å². The molecule has 0 amide bonds. The van der Waals surface area contributed by atoms with Gasteiger partial charge in [-0.25, -0.2) is 14.4 Å². The summed E-state index contributed by atoms with van der Waals surface area (Å²) in [5.41, 5.74) is 2.55. The average molecular weight is 378 g/mol. The molecule has 0 aliphatic carbocycles. The van der Waals surface area contributed by atoms with E-state index in [0.717, 1.165) is 12.6 Å². The number of alkyl halides is 3. The zero-order chi connectivity index (χ0) is 19.3. The number of anilines is 1. The molecule has 0 aromatic carbocycles. The van der Waals surface area contributed by atoms with Crippen LogP contribution in [0.3, 0.4) is 0 Å². The molecule has 6 nitrogen and oxygen atoms in total. The highest BCUT2D eigenvalue weighted by Crippen LogP contribution is 2.30. The lowest BCUT2D eigenvalue weighted by Gasteiger charge is -2.16. The van der Waals surface area contributed by atoms with Gasteiger partial charge in [0.2, 0.25) is 5.95 Å². The number of H-pyrrole nitrogens is 1. The second-order valence-corrected chi connectivity index (χ2v) is 6.24. The van der Waals surface area contributed by atoms with Crippen molar-refractivity contribution in [3.63, 3.8) is 0 Å². The molecule has 0 aliphatic rings. The molecule has 10 heteroatoms. The van der Waals surface area contributed by atoms with Gasteiger partial charge in [-0.05, 0) is 19.9 Å². The Morgan fingerprint density at radius 2 is 2.00 bits per heavy atom. The van der Waals surface area contributed by atoms with E-state index in [1.807, 2.05) is 0 Å². The van der Waals surface area contributed by atoms with Crippen molar-refractivity contribution in [2.24, 2.45) is 0 Å². The summed E-state index contributed by atoms with van der Waals surface area (Å²) in [7, 11) is 0. The van der Waals surface area contributed by atoms with Crippen molar-refractivity contribution in [1.82, 2.24) is 24.3 Å². The minimum Gasteiger partial charge on any atom is -0.345 e. The fourth-order valence-electron chi connectivity index (χ4n) is 2.80. The monoisotopic (exact) mass is 378 g/mol. The van der Waals surface area contributed by atoms with Gasteiger partial charge in [-0.3, -0.25) is 0 Å². The Balaban J connectivity index is 1.75. The highest BCUT2D eigenvalue weighted by molar-refractivity contribution is 5.93. The third-order valence-electron chi connectivity index (χ3n) is 4.33. The molecule has 0 bridgehead atoms. The molecule has 0 saturated heterocycles. The van der Waals surface area contributed by atoms with Crippen molar-refractivity contribution >= 4 is 22.6 Å². The van der Waals surface area contributed by atoms with Gasteiger partial charge in [-0.2, -0.15) is 18.2 Å². The normalized spacial score (nSPS) is 13.4. The summed E-state index contributed by atoms with van der Waals surface area (Å²) in [6.07, 6.45) is 1.92. The van der Waals surface area contributed by atoms with E-state index in [-0.39, 0.29) is 11.6 Å². The quantitative estimate of drug-likeness (QED) is 0.527. The van der Waals surface area contributed by atoms with Crippen LogP contribution in [-0.2, 0) is 0 Å². The Kier molecular flexibility index (Phi) is 3.79. The van der Waals surface area contributed by atoms with E-state index in [4.69, 9.17) is 0 Å². The van der Waals surface area contributed by atoms with Crippen molar-refractivity contribution < 1.29 is 17.6 Å². The molecule has 4 aromatic rings. The molecule has 4 aromatic heterocycles. The first-order valence-corrected chi connectivity index (χ1v) is 8.05. The van der Waals surface area contributed by atoms with Gasteiger partial charge in [0.15, 0.2) is 11.5 Å². The third kappa shape index (κ3) is 2.96. The van der Waals surface area contributed by atoms with Gasteiger partial charge in [0.25, 0.3) is 0 Å². The highest BCUT2D eigenvalue weighted by atomic mass is 19.4. The van der Waals surface area contributed by atoms with Crippen LogP contribution in [-0.4, -0.2) is 36.6 Å². The predicted molar refractivity (Wildman–Crippen MR) is 91.9 cm³/mol. The van der Waals surface area contributed by atoms with Gasteiger partial charge in [-0.15, -0.1) is 0 Å². The van der Waals surface area contributed by atoms with Crippen LogP contribution in [0.15, 0.2) is 30.9 Å². The van der Waals surface area contributed by atoms with E-state index in [1.165, 1.54) is 12.3 Å². The zero-order valence-electron chi connectivity index (χ0n) is 14.3. The molecule has 0 fully saturated rings. The number of nitrogens with one attached hydrogen (secondary N) is 2. The molecule has 0 unspecified atom stereocenters. The molecule has 2 N–H and O–H groups in total. The van der Waals surface area contributed by atoms with E-state index in [2.05, 4.69) is 25.3 Å². The number of aromatic nitrogens is 5. The van der Waals surface area contributed by atoms with Gasteiger partial charge >= 0.3 is 6.18 Å². The summed E-state index contributed by atoms with van der Waals surface area (Å²) in [6, 6.07) is -0.437. The number of imidazole rings is 1. The van der Waals surface area contributed by atoms with E-state index in [9.17, 15) is 17.6 Å².